The largest absolute Gasteiger partial charge is 0.447 e. The van der Waals surface area contributed by atoms with Gasteiger partial charge in [-0.15, -0.1) is 0 Å². The van der Waals surface area contributed by atoms with Crippen molar-refractivity contribution in [1.29, 1.82) is 0 Å². The first-order valence-corrected chi connectivity index (χ1v) is 3.55. The number of hydrogen-bond acceptors (Lipinski definition) is 4. The van der Waals surface area contributed by atoms with Crippen LogP contribution in [0.5, 0.6) is 0 Å². The zero-order chi connectivity index (χ0) is 8.10. The Morgan fingerprint density at radius 3 is 3.18 bits per heavy atom. The number of aromatic nitrogens is 1. The summed E-state index contributed by atoms with van der Waals surface area (Å²) in [5.41, 5.74) is 0. The maximum absolute atomic E-state index is 8.87. The summed E-state index contributed by atoms with van der Waals surface area (Å²) < 4.78 is 4.96. The molecule has 1 heterocycles. The summed E-state index contributed by atoms with van der Waals surface area (Å²) in [4.78, 5) is 3.75. The summed E-state index contributed by atoms with van der Waals surface area (Å²) in [5.74, 6) is 0.783. The molecule has 0 radical (unpaired) electrons. The fraction of sp³-hybridized carbons (Fsp3) is 0.571. The summed E-state index contributed by atoms with van der Waals surface area (Å²) >= 11 is 0. The van der Waals surface area contributed by atoms with E-state index in [2.05, 4.69) is 10.3 Å². The number of nitrogens with one attached hydrogen (secondary N) is 1. The molecule has 1 unspecified atom stereocenters. The highest BCUT2D eigenvalue weighted by Gasteiger charge is 1.97. The van der Waals surface area contributed by atoms with Gasteiger partial charge in [-0.1, -0.05) is 0 Å². The van der Waals surface area contributed by atoms with Gasteiger partial charge in [0.05, 0.1) is 18.8 Å². The van der Waals surface area contributed by atoms with Crippen molar-refractivity contribution in [3.63, 3.8) is 0 Å². The Balaban J connectivity index is 2.14. The Kier molecular flexibility index (Phi) is 3.07. The smallest absolute Gasteiger partial charge is 0.180 e. The van der Waals surface area contributed by atoms with E-state index in [4.69, 9.17) is 9.52 Å². The van der Waals surface area contributed by atoms with Crippen molar-refractivity contribution in [2.75, 3.05) is 6.54 Å². The van der Waals surface area contributed by atoms with Crippen molar-refractivity contribution in [3.8, 4) is 0 Å². The molecule has 0 fully saturated rings. The molecular formula is C7H12N2O2. The van der Waals surface area contributed by atoms with Crippen LogP contribution in [0.15, 0.2) is 17.0 Å². The SMILES string of the molecule is CC(O)CNCc1cnco1. The molecule has 0 aliphatic carbocycles. The van der Waals surface area contributed by atoms with E-state index in [-0.39, 0.29) is 6.10 Å². The van der Waals surface area contributed by atoms with Gasteiger partial charge in [-0.25, -0.2) is 4.98 Å². The van der Waals surface area contributed by atoms with E-state index in [1.807, 2.05) is 0 Å². The van der Waals surface area contributed by atoms with E-state index in [1.165, 1.54) is 6.39 Å². The topological polar surface area (TPSA) is 58.3 Å². The van der Waals surface area contributed by atoms with Crippen LogP contribution in [0.2, 0.25) is 0 Å². The molecule has 0 amide bonds. The first kappa shape index (κ1) is 8.23. The van der Waals surface area contributed by atoms with Crippen LogP contribution in [0.3, 0.4) is 0 Å². The molecule has 0 saturated heterocycles. The molecule has 1 aromatic heterocycles. The Bertz CT molecular complexity index is 184. The number of hydrogen-bond donors (Lipinski definition) is 2. The first-order valence-electron chi connectivity index (χ1n) is 3.55. The Morgan fingerprint density at radius 2 is 2.64 bits per heavy atom. The summed E-state index contributed by atoms with van der Waals surface area (Å²) in [6, 6.07) is 0. The van der Waals surface area contributed by atoms with Crippen molar-refractivity contribution in [3.05, 3.63) is 18.4 Å². The maximum atomic E-state index is 8.87. The summed E-state index contributed by atoms with van der Waals surface area (Å²) in [5, 5.41) is 11.9. The number of oxazole rings is 1. The lowest BCUT2D eigenvalue weighted by molar-refractivity contribution is 0.190. The van der Waals surface area contributed by atoms with Gasteiger partial charge in [0.2, 0.25) is 0 Å². The monoisotopic (exact) mass is 156 g/mol. The molecule has 0 aliphatic rings. The number of nitrogens with zero attached hydrogens (tertiary/aromatic N) is 1. The minimum Gasteiger partial charge on any atom is -0.447 e. The van der Waals surface area contributed by atoms with Crippen LogP contribution in [0.1, 0.15) is 12.7 Å². The standard InChI is InChI=1S/C7H12N2O2/c1-6(10)2-8-3-7-4-9-5-11-7/h4-6,8,10H,2-3H2,1H3. The van der Waals surface area contributed by atoms with Gasteiger partial charge >= 0.3 is 0 Å². The first-order chi connectivity index (χ1) is 5.29. The second-order valence-electron chi connectivity index (χ2n) is 2.45. The van der Waals surface area contributed by atoms with Crippen molar-refractivity contribution in [1.82, 2.24) is 10.3 Å². The van der Waals surface area contributed by atoms with Crippen LogP contribution in [0.4, 0.5) is 0 Å². The molecule has 0 bridgehead atoms. The third kappa shape index (κ3) is 3.15. The lowest BCUT2D eigenvalue weighted by Crippen LogP contribution is -2.23. The van der Waals surface area contributed by atoms with Crippen LogP contribution in [-0.4, -0.2) is 22.7 Å². The van der Waals surface area contributed by atoms with Gasteiger partial charge < -0.3 is 14.8 Å². The Morgan fingerprint density at radius 1 is 1.82 bits per heavy atom. The minimum atomic E-state index is -0.321. The molecule has 0 aliphatic heterocycles. The Labute approximate surface area is 65.2 Å². The fourth-order valence-electron chi connectivity index (χ4n) is 0.734. The van der Waals surface area contributed by atoms with E-state index < -0.39 is 0 Å². The van der Waals surface area contributed by atoms with Crippen LogP contribution in [0.25, 0.3) is 0 Å². The predicted molar refractivity (Wildman–Crippen MR) is 39.9 cm³/mol. The highest BCUT2D eigenvalue weighted by atomic mass is 16.3. The molecule has 4 nitrogen and oxygen atoms in total. The molecular weight excluding hydrogens is 144 g/mol. The second-order valence-corrected chi connectivity index (χ2v) is 2.45. The van der Waals surface area contributed by atoms with Crippen molar-refractivity contribution >= 4 is 0 Å². The summed E-state index contributed by atoms with van der Waals surface area (Å²) in [6.07, 6.45) is 2.71. The van der Waals surface area contributed by atoms with Crippen molar-refractivity contribution in [2.45, 2.75) is 19.6 Å². The van der Waals surface area contributed by atoms with Crippen LogP contribution in [0, 0.1) is 0 Å². The van der Waals surface area contributed by atoms with Gasteiger partial charge in [0.25, 0.3) is 0 Å². The molecule has 62 valence electrons. The van der Waals surface area contributed by atoms with Gasteiger partial charge in [-0.05, 0) is 6.92 Å². The van der Waals surface area contributed by atoms with Gasteiger partial charge in [0, 0.05) is 6.54 Å². The van der Waals surface area contributed by atoms with Gasteiger partial charge in [-0.3, -0.25) is 0 Å². The lowest BCUT2D eigenvalue weighted by atomic mass is 10.4. The molecule has 11 heavy (non-hydrogen) atoms. The summed E-state index contributed by atoms with van der Waals surface area (Å²) in [7, 11) is 0. The van der Waals surface area contributed by atoms with Crippen LogP contribution in [-0.2, 0) is 6.54 Å². The average molecular weight is 156 g/mol. The van der Waals surface area contributed by atoms with Gasteiger partial charge in [0.1, 0.15) is 5.76 Å². The molecule has 2 N–H and O–H groups in total. The van der Waals surface area contributed by atoms with E-state index in [9.17, 15) is 0 Å². The van der Waals surface area contributed by atoms with Crippen LogP contribution < -0.4 is 5.32 Å². The quantitative estimate of drug-likeness (QED) is 0.651. The van der Waals surface area contributed by atoms with E-state index in [0.29, 0.717) is 13.1 Å². The molecule has 1 atom stereocenters. The number of aliphatic hydroxyl groups excluding tert-OH is 1. The third-order valence-corrected chi connectivity index (χ3v) is 1.22. The van der Waals surface area contributed by atoms with Crippen molar-refractivity contribution in [2.24, 2.45) is 0 Å². The molecule has 4 heteroatoms. The maximum Gasteiger partial charge on any atom is 0.180 e. The fourth-order valence-corrected chi connectivity index (χ4v) is 0.734. The predicted octanol–water partition coefficient (Wildman–Crippen LogP) is 0.145. The van der Waals surface area contributed by atoms with Crippen LogP contribution >= 0.6 is 0 Å². The zero-order valence-corrected chi connectivity index (χ0v) is 6.45. The van der Waals surface area contributed by atoms with E-state index >= 15 is 0 Å². The normalized spacial score (nSPS) is 13.3. The van der Waals surface area contributed by atoms with Gasteiger partial charge in [-0.2, -0.15) is 0 Å². The molecule has 1 aromatic rings. The molecule has 0 spiro atoms. The second kappa shape index (κ2) is 4.10. The number of rotatable bonds is 4. The highest BCUT2D eigenvalue weighted by Crippen LogP contribution is 1.94. The average Bonchev–Trinajstić information content (AvgIpc) is 2.39. The van der Waals surface area contributed by atoms with Crippen molar-refractivity contribution < 1.29 is 9.52 Å². The molecule has 1 rings (SSSR count). The number of aliphatic hydroxyl groups is 1. The zero-order valence-electron chi connectivity index (χ0n) is 6.45. The van der Waals surface area contributed by atoms with E-state index in [1.54, 1.807) is 13.1 Å². The molecule has 0 aromatic carbocycles. The Hall–Kier alpha value is -0.870. The third-order valence-electron chi connectivity index (χ3n) is 1.22. The minimum absolute atomic E-state index is 0.321. The molecule has 0 saturated carbocycles. The summed E-state index contributed by atoms with van der Waals surface area (Å²) in [6.45, 7) is 2.92. The van der Waals surface area contributed by atoms with Gasteiger partial charge in [0.15, 0.2) is 6.39 Å². The highest BCUT2D eigenvalue weighted by molar-refractivity contribution is 4.86. The lowest BCUT2D eigenvalue weighted by Gasteiger charge is -2.03. The van der Waals surface area contributed by atoms with E-state index in [0.717, 1.165) is 5.76 Å².